The molecule has 5 nitrogen and oxygen atoms in total. The van der Waals surface area contributed by atoms with Crippen molar-refractivity contribution in [3.05, 3.63) is 59.9 Å². The molecule has 1 aromatic carbocycles. The molecule has 0 saturated carbocycles. The van der Waals surface area contributed by atoms with E-state index in [1.807, 2.05) is 47.4 Å². The second kappa shape index (κ2) is 7.24. The van der Waals surface area contributed by atoms with E-state index >= 15 is 0 Å². The van der Waals surface area contributed by atoms with Gasteiger partial charge in [-0.2, -0.15) is 0 Å². The number of nitrogens with two attached hydrogens (primary N) is 1. The second-order valence-corrected chi connectivity index (χ2v) is 5.78. The number of carbonyl (C=O) groups excluding carboxylic acids is 1. The Morgan fingerprint density at radius 3 is 2.74 bits per heavy atom. The van der Waals surface area contributed by atoms with Crippen molar-refractivity contribution < 1.29 is 9.53 Å². The van der Waals surface area contributed by atoms with Crippen LogP contribution in [0.15, 0.2) is 48.7 Å². The fraction of sp³-hybridized carbons (Fsp3) is 0.333. The summed E-state index contributed by atoms with van der Waals surface area (Å²) >= 11 is 0. The number of ether oxygens (including phenoxy) is 1. The fourth-order valence-electron chi connectivity index (χ4n) is 2.73. The standard InChI is InChI=1S/C18H21N3O2/c19-11-14-8-10-21(12-14)18(22)15-4-6-17(7-5-15)23-13-16-3-1-2-9-20-16/h1-7,9,14H,8,10-13,19H2. The number of benzene rings is 1. The Labute approximate surface area is 136 Å². The van der Waals surface area contributed by atoms with Gasteiger partial charge in [-0.05, 0) is 55.3 Å². The van der Waals surface area contributed by atoms with E-state index in [-0.39, 0.29) is 5.91 Å². The summed E-state index contributed by atoms with van der Waals surface area (Å²) in [6.45, 7) is 2.61. The Morgan fingerprint density at radius 1 is 1.26 bits per heavy atom. The average Bonchev–Trinajstić information content (AvgIpc) is 3.10. The van der Waals surface area contributed by atoms with Gasteiger partial charge in [0.15, 0.2) is 0 Å². The normalized spacial score (nSPS) is 17.3. The lowest BCUT2D eigenvalue weighted by Gasteiger charge is -2.16. The van der Waals surface area contributed by atoms with E-state index in [9.17, 15) is 4.79 Å². The molecule has 120 valence electrons. The molecule has 23 heavy (non-hydrogen) atoms. The summed E-state index contributed by atoms with van der Waals surface area (Å²) in [5, 5.41) is 0. The van der Waals surface area contributed by atoms with Gasteiger partial charge in [-0.3, -0.25) is 9.78 Å². The molecule has 5 heteroatoms. The molecule has 3 rings (SSSR count). The van der Waals surface area contributed by atoms with Crippen LogP contribution in [-0.2, 0) is 6.61 Å². The SMILES string of the molecule is NCC1CCN(C(=O)c2ccc(OCc3ccccn3)cc2)C1. The van der Waals surface area contributed by atoms with Gasteiger partial charge in [0.05, 0.1) is 5.69 Å². The van der Waals surface area contributed by atoms with E-state index in [0.29, 0.717) is 24.6 Å². The molecule has 2 heterocycles. The Balaban J connectivity index is 1.57. The molecule has 0 bridgehead atoms. The number of aromatic nitrogens is 1. The zero-order chi connectivity index (χ0) is 16.1. The summed E-state index contributed by atoms with van der Waals surface area (Å²) in [7, 11) is 0. The first-order chi connectivity index (χ1) is 11.3. The predicted octanol–water partition coefficient (Wildman–Crippen LogP) is 2.08. The summed E-state index contributed by atoms with van der Waals surface area (Å²) in [5.74, 6) is 1.23. The number of nitrogens with zero attached hydrogens (tertiary/aromatic N) is 2. The lowest BCUT2D eigenvalue weighted by Crippen LogP contribution is -2.29. The minimum atomic E-state index is 0.0669. The molecular weight excluding hydrogens is 290 g/mol. The Hall–Kier alpha value is -2.40. The van der Waals surface area contributed by atoms with Crippen molar-refractivity contribution in [3.8, 4) is 5.75 Å². The molecule has 1 aliphatic heterocycles. The van der Waals surface area contributed by atoms with Crippen molar-refractivity contribution in [2.24, 2.45) is 11.7 Å². The second-order valence-electron chi connectivity index (χ2n) is 5.78. The van der Waals surface area contributed by atoms with E-state index in [2.05, 4.69) is 4.98 Å². The van der Waals surface area contributed by atoms with E-state index < -0.39 is 0 Å². The molecule has 0 spiro atoms. The lowest BCUT2D eigenvalue weighted by molar-refractivity contribution is 0.0787. The van der Waals surface area contributed by atoms with Gasteiger partial charge in [0.2, 0.25) is 0 Å². The van der Waals surface area contributed by atoms with Crippen LogP contribution in [-0.4, -0.2) is 35.4 Å². The predicted molar refractivity (Wildman–Crippen MR) is 88.1 cm³/mol. The van der Waals surface area contributed by atoms with Gasteiger partial charge >= 0.3 is 0 Å². The maximum atomic E-state index is 12.4. The number of hydrogen-bond acceptors (Lipinski definition) is 4. The minimum Gasteiger partial charge on any atom is -0.487 e. The molecule has 1 unspecified atom stereocenters. The zero-order valence-electron chi connectivity index (χ0n) is 13.0. The number of hydrogen-bond donors (Lipinski definition) is 1. The van der Waals surface area contributed by atoms with Gasteiger partial charge in [-0.25, -0.2) is 0 Å². The molecular formula is C18H21N3O2. The molecule has 1 saturated heterocycles. The lowest BCUT2D eigenvalue weighted by atomic mass is 10.1. The van der Waals surface area contributed by atoms with E-state index in [4.69, 9.17) is 10.5 Å². The number of carbonyl (C=O) groups is 1. The quantitative estimate of drug-likeness (QED) is 0.918. The van der Waals surface area contributed by atoms with Gasteiger partial charge in [-0.1, -0.05) is 6.07 Å². The van der Waals surface area contributed by atoms with Crippen LogP contribution in [0.25, 0.3) is 0 Å². The Kier molecular flexibility index (Phi) is 4.88. The highest BCUT2D eigenvalue weighted by Crippen LogP contribution is 2.19. The van der Waals surface area contributed by atoms with Crippen molar-refractivity contribution in [1.82, 2.24) is 9.88 Å². The Morgan fingerprint density at radius 2 is 2.09 bits per heavy atom. The maximum absolute atomic E-state index is 12.4. The highest BCUT2D eigenvalue weighted by Gasteiger charge is 2.25. The summed E-state index contributed by atoms with van der Waals surface area (Å²) in [6.07, 6.45) is 2.73. The van der Waals surface area contributed by atoms with Gasteiger partial charge in [0.25, 0.3) is 5.91 Å². The van der Waals surface area contributed by atoms with E-state index in [1.54, 1.807) is 6.20 Å². The van der Waals surface area contributed by atoms with Crippen molar-refractivity contribution in [1.29, 1.82) is 0 Å². The van der Waals surface area contributed by atoms with Crippen LogP contribution in [0.1, 0.15) is 22.5 Å². The van der Waals surface area contributed by atoms with Crippen molar-refractivity contribution in [3.63, 3.8) is 0 Å². The van der Waals surface area contributed by atoms with Crippen LogP contribution in [0.4, 0.5) is 0 Å². The van der Waals surface area contributed by atoms with Crippen LogP contribution >= 0.6 is 0 Å². The van der Waals surface area contributed by atoms with Crippen LogP contribution in [0.5, 0.6) is 5.75 Å². The molecule has 1 aromatic heterocycles. The molecule has 0 radical (unpaired) electrons. The molecule has 2 aromatic rings. The smallest absolute Gasteiger partial charge is 0.253 e. The van der Waals surface area contributed by atoms with Gasteiger partial charge in [0, 0.05) is 24.8 Å². The minimum absolute atomic E-state index is 0.0669. The topological polar surface area (TPSA) is 68.5 Å². The van der Waals surface area contributed by atoms with Gasteiger partial charge in [0.1, 0.15) is 12.4 Å². The van der Waals surface area contributed by atoms with Crippen LogP contribution in [0, 0.1) is 5.92 Å². The molecule has 1 fully saturated rings. The van der Waals surface area contributed by atoms with E-state index in [0.717, 1.165) is 31.0 Å². The molecule has 2 N–H and O–H groups in total. The first-order valence-corrected chi connectivity index (χ1v) is 7.88. The summed E-state index contributed by atoms with van der Waals surface area (Å²) in [6, 6.07) is 13.0. The number of rotatable bonds is 5. The number of likely N-dealkylation sites (tertiary alicyclic amines) is 1. The molecule has 1 amide bonds. The van der Waals surface area contributed by atoms with Crippen molar-refractivity contribution in [2.45, 2.75) is 13.0 Å². The third kappa shape index (κ3) is 3.87. The molecule has 1 atom stereocenters. The van der Waals surface area contributed by atoms with Crippen molar-refractivity contribution in [2.75, 3.05) is 19.6 Å². The van der Waals surface area contributed by atoms with E-state index in [1.165, 1.54) is 0 Å². The van der Waals surface area contributed by atoms with Crippen molar-refractivity contribution >= 4 is 5.91 Å². The maximum Gasteiger partial charge on any atom is 0.253 e. The fourth-order valence-corrected chi connectivity index (χ4v) is 2.73. The van der Waals surface area contributed by atoms with Crippen LogP contribution in [0.3, 0.4) is 0 Å². The first-order valence-electron chi connectivity index (χ1n) is 7.88. The largest absolute Gasteiger partial charge is 0.487 e. The molecule has 0 aliphatic carbocycles. The van der Waals surface area contributed by atoms with Gasteiger partial charge in [-0.15, -0.1) is 0 Å². The van der Waals surface area contributed by atoms with Crippen LogP contribution < -0.4 is 10.5 Å². The number of pyridine rings is 1. The third-order valence-corrected chi connectivity index (χ3v) is 4.12. The number of amides is 1. The summed E-state index contributed by atoms with van der Waals surface area (Å²) < 4.78 is 5.68. The summed E-state index contributed by atoms with van der Waals surface area (Å²) in [5.41, 5.74) is 7.24. The summed E-state index contributed by atoms with van der Waals surface area (Å²) in [4.78, 5) is 18.5. The average molecular weight is 311 g/mol. The van der Waals surface area contributed by atoms with Crippen LogP contribution in [0.2, 0.25) is 0 Å². The highest BCUT2D eigenvalue weighted by molar-refractivity contribution is 5.94. The Bertz CT molecular complexity index is 643. The molecule has 1 aliphatic rings. The third-order valence-electron chi connectivity index (χ3n) is 4.12. The first kappa shape index (κ1) is 15.5. The van der Waals surface area contributed by atoms with Gasteiger partial charge < -0.3 is 15.4 Å². The zero-order valence-corrected chi connectivity index (χ0v) is 13.0. The monoisotopic (exact) mass is 311 g/mol. The highest BCUT2D eigenvalue weighted by atomic mass is 16.5.